The first-order valence-corrected chi connectivity index (χ1v) is 7.09. The molecule has 108 valence electrons. The fourth-order valence-electron chi connectivity index (χ4n) is 1.95. The number of pyridine rings is 1. The summed E-state index contributed by atoms with van der Waals surface area (Å²) in [5, 5.41) is 0. The van der Waals surface area contributed by atoms with Crippen molar-refractivity contribution in [2.24, 2.45) is 5.73 Å². The highest BCUT2D eigenvalue weighted by molar-refractivity contribution is 5.38. The van der Waals surface area contributed by atoms with Crippen LogP contribution in [0.2, 0.25) is 0 Å². The van der Waals surface area contributed by atoms with Crippen LogP contribution in [0.1, 0.15) is 25.3 Å². The molecule has 4 nitrogen and oxygen atoms in total. The van der Waals surface area contributed by atoms with E-state index < -0.39 is 0 Å². The molecule has 4 heteroatoms. The molecule has 0 aliphatic heterocycles. The Bertz CT molecular complexity index is 348. The molecule has 1 rings (SSSR count). The molecule has 2 N–H and O–H groups in total. The monoisotopic (exact) mass is 264 g/mol. The minimum absolute atomic E-state index is 0.241. The van der Waals surface area contributed by atoms with Gasteiger partial charge in [0, 0.05) is 25.8 Å². The van der Waals surface area contributed by atoms with Crippen molar-refractivity contribution in [3.8, 4) is 0 Å². The predicted molar refractivity (Wildman–Crippen MR) is 82.6 cm³/mol. The van der Waals surface area contributed by atoms with Crippen molar-refractivity contribution >= 4 is 5.82 Å². The summed E-state index contributed by atoms with van der Waals surface area (Å²) in [5.41, 5.74) is 7.18. The Balaban J connectivity index is 2.46. The number of hydrogen-bond acceptors (Lipinski definition) is 4. The molecule has 0 fully saturated rings. The maximum Gasteiger partial charge on any atom is 0.128 e. The van der Waals surface area contributed by atoms with E-state index in [1.54, 1.807) is 0 Å². The Hall–Kier alpha value is -1.13. The second-order valence-electron chi connectivity index (χ2n) is 5.48. The minimum atomic E-state index is 0.241. The molecule has 1 aromatic rings. The molecule has 0 aliphatic rings. The Morgan fingerprint density at radius 3 is 2.47 bits per heavy atom. The van der Waals surface area contributed by atoms with Gasteiger partial charge in [-0.1, -0.05) is 13.0 Å². The Labute approximate surface area is 117 Å². The Morgan fingerprint density at radius 1 is 1.21 bits per heavy atom. The molecule has 1 aromatic heterocycles. The predicted octanol–water partition coefficient (Wildman–Crippen LogP) is 1.75. The van der Waals surface area contributed by atoms with Crippen LogP contribution in [0, 0.1) is 0 Å². The summed E-state index contributed by atoms with van der Waals surface area (Å²) in [5.74, 6) is 1.03. The van der Waals surface area contributed by atoms with Crippen molar-refractivity contribution in [1.82, 2.24) is 9.88 Å². The molecule has 1 atom stereocenters. The van der Waals surface area contributed by atoms with E-state index in [4.69, 9.17) is 5.73 Å². The summed E-state index contributed by atoms with van der Waals surface area (Å²) in [7, 11) is 6.30. The van der Waals surface area contributed by atoms with Crippen molar-refractivity contribution in [3.63, 3.8) is 0 Å². The lowest BCUT2D eigenvalue weighted by atomic mass is 10.1. The summed E-state index contributed by atoms with van der Waals surface area (Å²) in [6.45, 7) is 4.25. The third kappa shape index (κ3) is 6.03. The van der Waals surface area contributed by atoms with Gasteiger partial charge in [-0.25, -0.2) is 4.98 Å². The van der Waals surface area contributed by atoms with Gasteiger partial charge in [0.25, 0.3) is 0 Å². The zero-order valence-electron chi connectivity index (χ0n) is 12.8. The van der Waals surface area contributed by atoms with Crippen molar-refractivity contribution < 1.29 is 0 Å². The number of nitrogens with zero attached hydrogens (tertiary/aromatic N) is 3. The van der Waals surface area contributed by atoms with Crippen LogP contribution in [-0.4, -0.2) is 50.2 Å². The van der Waals surface area contributed by atoms with Crippen LogP contribution in [-0.2, 0) is 6.42 Å². The van der Waals surface area contributed by atoms with Gasteiger partial charge in [-0.3, -0.25) is 0 Å². The molecule has 0 saturated carbocycles. The lowest BCUT2D eigenvalue weighted by molar-refractivity contribution is 0.401. The van der Waals surface area contributed by atoms with Crippen LogP contribution in [0.3, 0.4) is 0 Å². The minimum Gasteiger partial charge on any atom is -0.360 e. The SMILES string of the molecule is CCC(N)Cc1ccc(N(C)CCCN(C)C)nc1. The third-order valence-corrected chi connectivity index (χ3v) is 3.32. The van der Waals surface area contributed by atoms with E-state index in [9.17, 15) is 0 Å². The lowest BCUT2D eigenvalue weighted by Gasteiger charge is -2.19. The van der Waals surface area contributed by atoms with Gasteiger partial charge < -0.3 is 15.5 Å². The largest absolute Gasteiger partial charge is 0.360 e. The standard InChI is InChI=1S/C15H28N4/c1-5-14(16)11-13-7-8-15(17-12-13)19(4)10-6-9-18(2)3/h7-8,12,14H,5-6,9-11,16H2,1-4H3. The normalized spacial score (nSPS) is 12.7. The molecule has 0 saturated heterocycles. The first-order chi connectivity index (χ1) is 9.02. The first-order valence-electron chi connectivity index (χ1n) is 7.09. The van der Waals surface area contributed by atoms with Gasteiger partial charge in [0.05, 0.1) is 0 Å². The molecule has 0 amide bonds. The molecule has 1 unspecified atom stereocenters. The molecular formula is C15H28N4. The van der Waals surface area contributed by atoms with Crippen LogP contribution < -0.4 is 10.6 Å². The molecular weight excluding hydrogens is 236 g/mol. The smallest absolute Gasteiger partial charge is 0.128 e. The topological polar surface area (TPSA) is 45.4 Å². The van der Waals surface area contributed by atoms with Crippen molar-refractivity contribution in [2.75, 3.05) is 39.1 Å². The van der Waals surface area contributed by atoms with Crippen molar-refractivity contribution in [3.05, 3.63) is 23.9 Å². The van der Waals surface area contributed by atoms with E-state index in [2.05, 4.69) is 55.0 Å². The number of aromatic nitrogens is 1. The molecule has 0 radical (unpaired) electrons. The zero-order valence-corrected chi connectivity index (χ0v) is 12.8. The van der Waals surface area contributed by atoms with Gasteiger partial charge in [0.2, 0.25) is 0 Å². The van der Waals surface area contributed by atoms with Crippen LogP contribution >= 0.6 is 0 Å². The summed E-state index contributed by atoms with van der Waals surface area (Å²) in [6, 6.07) is 4.47. The van der Waals surface area contributed by atoms with Gasteiger partial charge in [0.15, 0.2) is 0 Å². The number of nitrogens with two attached hydrogens (primary N) is 1. The van der Waals surface area contributed by atoms with Gasteiger partial charge in [-0.15, -0.1) is 0 Å². The van der Waals surface area contributed by atoms with Gasteiger partial charge in [0.1, 0.15) is 5.82 Å². The fourth-order valence-corrected chi connectivity index (χ4v) is 1.95. The highest BCUT2D eigenvalue weighted by Gasteiger charge is 2.05. The Morgan fingerprint density at radius 2 is 1.95 bits per heavy atom. The molecule has 19 heavy (non-hydrogen) atoms. The highest BCUT2D eigenvalue weighted by Crippen LogP contribution is 2.11. The maximum atomic E-state index is 5.95. The van der Waals surface area contributed by atoms with Crippen LogP contribution in [0.15, 0.2) is 18.3 Å². The van der Waals surface area contributed by atoms with Crippen LogP contribution in [0.5, 0.6) is 0 Å². The molecule has 0 bridgehead atoms. The van der Waals surface area contributed by atoms with Gasteiger partial charge in [-0.2, -0.15) is 0 Å². The first kappa shape index (κ1) is 15.9. The lowest BCUT2D eigenvalue weighted by Crippen LogP contribution is -2.24. The summed E-state index contributed by atoms with van der Waals surface area (Å²) >= 11 is 0. The summed E-state index contributed by atoms with van der Waals surface area (Å²) < 4.78 is 0. The van der Waals surface area contributed by atoms with Crippen molar-refractivity contribution in [2.45, 2.75) is 32.2 Å². The molecule has 0 aromatic carbocycles. The van der Waals surface area contributed by atoms with E-state index in [1.807, 2.05) is 6.20 Å². The second kappa shape index (κ2) is 8.12. The maximum absolute atomic E-state index is 5.95. The number of anilines is 1. The van der Waals surface area contributed by atoms with E-state index in [-0.39, 0.29) is 6.04 Å². The molecule has 0 aliphatic carbocycles. The molecule has 0 spiro atoms. The number of hydrogen-bond donors (Lipinski definition) is 1. The van der Waals surface area contributed by atoms with Crippen LogP contribution in [0.4, 0.5) is 5.82 Å². The Kier molecular flexibility index (Phi) is 6.81. The van der Waals surface area contributed by atoms with E-state index in [0.29, 0.717) is 0 Å². The van der Waals surface area contributed by atoms with Gasteiger partial charge in [-0.05, 0) is 51.5 Å². The van der Waals surface area contributed by atoms with Crippen LogP contribution in [0.25, 0.3) is 0 Å². The number of rotatable bonds is 8. The van der Waals surface area contributed by atoms with E-state index >= 15 is 0 Å². The van der Waals surface area contributed by atoms with Gasteiger partial charge >= 0.3 is 0 Å². The van der Waals surface area contributed by atoms with E-state index in [0.717, 1.165) is 38.2 Å². The highest BCUT2D eigenvalue weighted by atomic mass is 15.2. The van der Waals surface area contributed by atoms with Crippen molar-refractivity contribution in [1.29, 1.82) is 0 Å². The zero-order chi connectivity index (χ0) is 14.3. The summed E-state index contributed by atoms with van der Waals surface area (Å²) in [6.07, 6.45) is 5.02. The second-order valence-corrected chi connectivity index (χ2v) is 5.48. The average Bonchev–Trinajstić information content (AvgIpc) is 2.38. The summed E-state index contributed by atoms with van der Waals surface area (Å²) in [4.78, 5) is 8.93. The average molecular weight is 264 g/mol. The molecule has 1 heterocycles. The van der Waals surface area contributed by atoms with E-state index in [1.165, 1.54) is 5.56 Å². The fraction of sp³-hybridized carbons (Fsp3) is 0.667. The quantitative estimate of drug-likeness (QED) is 0.777. The third-order valence-electron chi connectivity index (χ3n) is 3.32.